The molecule has 0 spiro atoms. The zero-order chi connectivity index (χ0) is 19.4. The summed E-state index contributed by atoms with van der Waals surface area (Å²) in [5.41, 5.74) is 1.70. The van der Waals surface area contributed by atoms with Crippen molar-refractivity contribution < 1.29 is 14.3 Å². The smallest absolute Gasteiger partial charge is 0.267 e. The first-order valence-electron chi connectivity index (χ1n) is 8.11. The minimum absolute atomic E-state index is 0.121. The molecule has 2 heterocycles. The van der Waals surface area contributed by atoms with Crippen LogP contribution in [0.1, 0.15) is 11.3 Å². The standard InChI is InChI=1S/C19H19N3O3S2/c1-5-8-22-17(23)16(27-19(22)21-18-20-12(2)11-26-18)9-13-6-7-14(24-3)10-15(13)25-4/h5-7,9-11H,1,8H2,2-4H3/b16-9-,21-19+. The maximum atomic E-state index is 12.9. The van der Waals surface area contributed by atoms with Crippen molar-refractivity contribution in [3.8, 4) is 11.5 Å². The lowest BCUT2D eigenvalue weighted by Gasteiger charge is -2.11. The zero-order valence-electron chi connectivity index (χ0n) is 15.3. The summed E-state index contributed by atoms with van der Waals surface area (Å²) in [5.74, 6) is 1.20. The minimum atomic E-state index is -0.121. The highest BCUT2D eigenvalue weighted by atomic mass is 32.2. The molecule has 1 aliphatic rings. The Labute approximate surface area is 166 Å². The monoisotopic (exact) mass is 401 g/mol. The Morgan fingerprint density at radius 2 is 2.15 bits per heavy atom. The Hall–Kier alpha value is -2.58. The van der Waals surface area contributed by atoms with Crippen LogP contribution in [0.3, 0.4) is 0 Å². The lowest BCUT2D eigenvalue weighted by atomic mass is 10.1. The van der Waals surface area contributed by atoms with Gasteiger partial charge in [0.25, 0.3) is 5.91 Å². The van der Waals surface area contributed by atoms with Gasteiger partial charge in [-0.1, -0.05) is 6.08 Å². The molecule has 8 heteroatoms. The Balaban J connectivity index is 1.97. The summed E-state index contributed by atoms with van der Waals surface area (Å²) >= 11 is 2.76. The van der Waals surface area contributed by atoms with Crippen LogP contribution in [0.4, 0.5) is 5.13 Å². The third-order valence-electron chi connectivity index (χ3n) is 3.73. The van der Waals surface area contributed by atoms with Crippen LogP contribution in [0, 0.1) is 6.92 Å². The van der Waals surface area contributed by atoms with Gasteiger partial charge in [0.2, 0.25) is 5.13 Å². The van der Waals surface area contributed by atoms with Crippen molar-refractivity contribution in [2.24, 2.45) is 4.99 Å². The second-order valence-electron chi connectivity index (χ2n) is 5.59. The number of thiazole rings is 1. The Morgan fingerprint density at radius 1 is 1.33 bits per heavy atom. The molecule has 27 heavy (non-hydrogen) atoms. The quantitative estimate of drug-likeness (QED) is 0.535. The number of thioether (sulfide) groups is 1. The first-order valence-corrected chi connectivity index (χ1v) is 9.80. The second kappa shape index (κ2) is 8.41. The molecule has 1 aromatic heterocycles. The first kappa shape index (κ1) is 19.2. The number of hydrogen-bond donors (Lipinski definition) is 0. The van der Waals surface area contributed by atoms with E-state index >= 15 is 0 Å². The topological polar surface area (TPSA) is 64.0 Å². The summed E-state index contributed by atoms with van der Waals surface area (Å²) in [4.78, 5) is 23.9. The molecule has 2 aromatic rings. The van der Waals surface area contributed by atoms with E-state index in [9.17, 15) is 4.79 Å². The van der Waals surface area contributed by atoms with E-state index in [1.54, 1.807) is 37.3 Å². The molecule has 140 valence electrons. The van der Waals surface area contributed by atoms with Gasteiger partial charge in [-0.3, -0.25) is 9.69 Å². The van der Waals surface area contributed by atoms with E-state index in [4.69, 9.17) is 9.47 Å². The van der Waals surface area contributed by atoms with Crippen LogP contribution in [0.2, 0.25) is 0 Å². The predicted molar refractivity (Wildman–Crippen MR) is 111 cm³/mol. The number of amidine groups is 1. The number of hydrogen-bond acceptors (Lipinski definition) is 7. The fourth-order valence-electron chi connectivity index (χ4n) is 2.44. The van der Waals surface area contributed by atoms with Crippen molar-refractivity contribution in [1.29, 1.82) is 0 Å². The molecule has 1 fully saturated rings. The summed E-state index contributed by atoms with van der Waals surface area (Å²) in [5, 5.41) is 3.14. The molecule has 0 atom stereocenters. The number of benzene rings is 1. The molecule has 1 aliphatic heterocycles. The fourth-order valence-corrected chi connectivity index (χ4v) is 4.14. The highest BCUT2D eigenvalue weighted by molar-refractivity contribution is 8.18. The number of rotatable bonds is 6. The average molecular weight is 402 g/mol. The molecule has 3 rings (SSSR count). The van der Waals surface area contributed by atoms with Crippen LogP contribution in [0.15, 0.2) is 46.1 Å². The minimum Gasteiger partial charge on any atom is -0.497 e. The number of aliphatic imine (C=N–C) groups is 1. The number of nitrogens with zero attached hydrogens (tertiary/aromatic N) is 3. The highest BCUT2D eigenvalue weighted by Gasteiger charge is 2.33. The van der Waals surface area contributed by atoms with Crippen LogP contribution in [0.5, 0.6) is 11.5 Å². The third kappa shape index (κ3) is 4.23. The van der Waals surface area contributed by atoms with Gasteiger partial charge in [-0.25, -0.2) is 4.98 Å². The Morgan fingerprint density at radius 3 is 2.78 bits per heavy atom. The van der Waals surface area contributed by atoms with E-state index in [0.29, 0.717) is 33.2 Å². The van der Waals surface area contributed by atoms with Crippen molar-refractivity contribution in [1.82, 2.24) is 9.88 Å². The lowest BCUT2D eigenvalue weighted by molar-refractivity contribution is -0.121. The van der Waals surface area contributed by atoms with Gasteiger partial charge in [0.1, 0.15) is 11.5 Å². The van der Waals surface area contributed by atoms with Gasteiger partial charge < -0.3 is 9.47 Å². The van der Waals surface area contributed by atoms with Gasteiger partial charge in [-0.05, 0) is 36.9 Å². The molecule has 0 N–H and O–H groups in total. The molecule has 0 saturated carbocycles. The van der Waals surface area contributed by atoms with Crippen molar-refractivity contribution in [3.05, 3.63) is 52.4 Å². The number of carbonyl (C=O) groups is 1. The van der Waals surface area contributed by atoms with Gasteiger partial charge in [0, 0.05) is 23.6 Å². The molecule has 0 radical (unpaired) electrons. The van der Waals surface area contributed by atoms with E-state index in [2.05, 4.69) is 16.6 Å². The number of amides is 1. The summed E-state index contributed by atoms with van der Waals surface area (Å²) in [7, 11) is 3.18. The van der Waals surface area contributed by atoms with Crippen molar-refractivity contribution in [2.45, 2.75) is 6.92 Å². The van der Waals surface area contributed by atoms with E-state index in [-0.39, 0.29) is 5.91 Å². The number of methoxy groups -OCH3 is 2. The predicted octanol–water partition coefficient (Wildman–Crippen LogP) is 4.26. The normalized spacial score (nSPS) is 17.0. The number of aromatic nitrogens is 1. The van der Waals surface area contributed by atoms with Crippen LogP contribution in [-0.4, -0.2) is 41.7 Å². The molecule has 1 saturated heterocycles. The van der Waals surface area contributed by atoms with Crippen LogP contribution in [-0.2, 0) is 4.79 Å². The lowest BCUT2D eigenvalue weighted by Crippen LogP contribution is -2.29. The molecule has 0 aliphatic carbocycles. The third-order valence-corrected chi connectivity index (χ3v) is 5.58. The highest BCUT2D eigenvalue weighted by Crippen LogP contribution is 2.36. The summed E-state index contributed by atoms with van der Waals surface area (Å²) < 4.78 is 10.6. The number of aryl methyl sites for hydroxylation is 1. The van der Waals surface area contributed by atoms with E-state index in [1.165, 1.54) is 23.1 Å². The maximum absolute atomic E-state index is 12.9. The molecular weight excluding hydrogens is 382 g/mol. The van der Waals surface area contributed by atoms with E-state index in [1.807, 2.05) is 24.4 Å². The molecule has 0 unspecified atom stereocenters. The van der Waals surface area contributed by atoms with E-state index < -0.39 is 0 Å². The summed E-state index contributed by atoms with van der Waals surface area (Å²) in [6.45, 7) is 6.03. The van der Waals surface area contributed by atoms with Crippen LogP contribution >= 0.6 is 23.1 Å². The number of carbonyl (C=O) groups excluding carboxylic acids is 1. The van der Waals surface area contributed by atoms with Gasteiger partial charge in [0.15, 0.2) is 5.17 Å². The molecular formula is C19H19N3O3S2. The fraction of sp³-hybridized carbons (Fsp3) is 0.211. The SMILES string of the molecule is C=CCN1C(=O)/C(=C/c2ccc(OC)cc2OC)S/C1=N/c1nc(C)cs1. The number of ether oxygens (including phenoxy) is 2. The molecule has 1 amide bonds. The van der Waals surface area contributed by atoms with Gasteiger partial charge in [-0.15, -0.1) is 17.9 Å². The van der Waals surface area contributed by atoms with Crippen LogP contribution in [0.25, 0.3) is 6.08 Å². The molecule has 0 bridgehead atoms. The zero-order valence-corrected chi connectivity index (χ0v) is 16.9. The van der Waals surface area contributed by atoms with Gasteiger partial charge in [0.05, 0.1) is 24.8 Å². The summed E-state index contributed by atoms with van der Waals surface area (Å²) in [6.07, 6.45) is 3.48. The Kier molecular flexibility index (Phi) is 5.98. The van der Waals surface area contributed by atoms with Gasteiger partial charge >= 0.3 is 0 Å². The summed E-state index contributed by atoms with van der Waals surface area (Å²) in [6, 6.07) is 5.47. The maximum Gasteiger partial charge on any atom is 0.267 e. The van der Waals surface area contributed by atoms with Crippen molar-refractivity contribution in [3.63, 3.8) is 0 Å². The first-order chi connectivity index (χ1) is 13.0. The van der Waals surface area contributed by atoms with Crippen LogP contribution < -0.4 is 9.47 Å². The largest absolute Gasteiger partial charge is 0.497 e. The van der Waals surface area contributed by atoms with Crippen molar-refractivity contribution in [2.75, 3.05) is 20.8 Å². The van der Waals surface area contributed by atoms with E-state index in [0.717, 1.165) is 11.3 Å². The second-order valence-corrected chi connectivity index (χ2v) is 7.43. The van der Waals surface area contributed by atoms with Crippen molar-refractivity contribution >= 4 is 45.4 Å². The van der Waals surface area contributed by atoms with Gasteiger partial charge in [-0.2, -0.15) is 4.99 Å². The Bertz CT molecular complexity index is 934. The average Bonchev–Trinajstić information content (AvgIpc) is 3.20. The molecule has 6 nitrogen and oxygen atoms in total. The molecule has 1 aromatic carbocycles.